The van der Waals surface area contributed by atoms with Gasteiger partial charge in [-0.25, -0.2) is 8.78 Å². The monoisotopic (exact) mass is 203 g/mol. The minimum absolute atomic E-state index is 0.247. The van der Waals surface area contributed by atoms with Crippen LogP contribution < -0.4 is 10.2 Å². The Kier molecular flexibility index (Phi) is 3.79. The molecule has 14 heavy (non-hydrogen) atoms. The summed E-state index contributed by atoms with van der Waals surface area (Å²) in [6.07, 6.45) is 0. The second-order valence-electron chi connectivity index (χ2n) is 2.60. The van der Waals surface area contributed by atoms with E-state index >= 15 is 0 Å². The Bertz CT molecular complexity index is 318. The number of hydroxylamine groups is 1. The van der Waals surface area contributed by atoms with Gasteiger partial charge in [-0.3, -0.25) is 0 Å². The Morgan fingerprint density at radius 3 is 2.43 bits per heavy atom. The van der Waals surface area contributed by atoms with E-state index in [9.17, 15) is 8.78 Å². The molecule has 0 atom stereocenters. The molecule has 0 aliphatic carbocycles. The van der Waals surface area contributed by atoms with Gasteiger partial charge >= 0.3 is 0 Å². The predicted molar refractivity (Wildman–Crippen MR) is 46.8 cm³/mol. The normalized spacial score (nSPS) is 10.3. The fourth-order valence-electron chi connectivity index (χ4n) is 1.05. The first-order valence-electron chi connectivity index (χ1n) is 3.96. The van der Waals surface area contributed by atoms with Gasteiger partial charge in [-0.05, 0) is 6.07 Å². The van der Waals surface area contributed by atoms with Crippen LogP contribution >= 0.6 is 0 Å². The molecular formula is C9H11F2NO2. The summed E-state index contributed by atoms with van der Waals surface area (Å²) >= 11 is 0. The average molecular weight is 203 g/mol. The lowest BCUT2D eigenvalue weighted by Gasteiger charge is -2.08. The largest absolute Gasteiger partial charge is 0.496 e. The first-order valence-corrected chi connectivity index (χ1v) is 3.96. The van der Waals surface area contributed by atoms with Crippen molar-refractivity contribution in [2.75, 3.05) is 14.2 Å². The third-order valence-electron chi connectivity index (χ3n) is 1.73. The van der Waals surface area contributed by atoms with Crippen LogP contribution in [0.4, 0.5) is 8.78 Å². The molecule has 0 bridgehead atoms. The molecule has 0 unspecified atom stereocenters. The third-order valence-corrected chi connectivity index (χ3v) is 1.73. The third kappa shape index (κ3) is 2.40. The number of hydrogen-bond donors (Lipinski definition) is 1. The highest BCUT2D eigenvalue weighted by Gasteiger charge is 2.09. The molecule has 0 amide bonds. The molecule has 1 rings (SSSR count). The first-order chi connectivity index (χ1) is 6.69. The topological polar surface area (TPSA) is 30.5 Å². The maximum atomic E-state index is 12.8. The van der Waals surface area contributed by atoms with Gasteiger partial charge < -0.3 is 9.57 Å². The highest BCUT2D eigenvalue weighted by molar-refractivity contribution is 5.34. The summed E-state index contributed by atoms with van der Waals surface area (Å²) in [6.45, 7) is 0.247. The van der Waals surface area contributed by atoms with Crippen LogP contribution in [0.5, 0.6) is 5.75 Å². The van der Waals surface area contributed by atoms with Crippen molar-refractivity contribution in [3.63, 3.8) is 0 Å². The molecule has 0 aliphatic rings. The van der Waals surface area contributed by atoms with Gasteiger partial charge in [-0.1, -0.05) is 0 Å². The summed E-state index contributed by atoms with van der Waals surface area (Å²) in [6, 6.07) is 2.07. The van der Waals surface area contributed by atoms with E-state index in [-0.39, 0.29) is 12.3 Å². The van der Waals surface area contributed by atoms with E-state index in [1.807, 2.05) is 0 Å². The number of hydrogen-bond acceptors (Lipinski definition) is 3. The van der Waals surface area contributed by atoms with Crippen molar-refractivity contribution < 1.29 is 18.4 Å². The van der Waals surface area contributed by atoms with Crippen LogP contribution in [0, 0.1) is 11.6 Å². The molecule has 1 N–H and O–H groups in total. The van der Waals surface area contributed by atoms with E-state index in [0.29, 0.717) is 5.56 Å². The molecule has 0 radical (unpaired) electrons. The van der Waals surface area contributed by atoms with Gasteiger partial charge in [0.25, 0.3) is 0 Å². The van der Waals surface area contributed by atoms with Crippen LogP contribution in [0.25, 0.3) is 0 Å². The molecule has 78 valence electrons. The molecule has 0 aromatic heterocycles. The lowest BCUT2D eigenvalue weighted by Crippen LogP contribution is -2.12. The molecule has 0 fully saturated rings. The van der Waals surface area contributed by atoms with Gasteiger partial charge in [-0.15, -0.1) is 0 Å². The SMILES string of the molecule is CONCc1cc(F)c(F)cc1OC. The Hall–Kier alpha value is -1.20. The van der Waals surface area contributed by atoms with E-state index in [0.717, 1.165) is 12.1 Å². The number of benzene rings is 1. The van der Waals surface area contributed by atoms with Crippen molar-refractivity contribution >= 4 is 0 Å². The highest BCUT2D eigenvalue weighted by atomic mass is 19.2. The lowest BCUT2D eigenvalue weighted by molar-refractivity contribution is 0.0860. The second-order valence-corrected chi connectivity index (χ2v) is 2.60. The van der Waals surface area contributed by atoms with Crippen LogP contribution in [0.1, 0.15) is 5.56 Å². The zero-order chi connectivity index (χ0) is 10.6. The maximum absolute atomic E-state index is 12.8. The summed E-state index contributed by atoms with van der Waals surface area (Å²) in [5, 5.41) is 0. The predicted octanol–water partition coefficient (Wildman–Crippen LogP) is 1.62. The number of halogens is 2. The summed E-state index contributed by atoms with van der Waals surface area (Å²) in [5.74, 6) is -1.55. The molecule has 3 nitrogen and oxygen atoms in total. The van der Waals surface area contributed by atoms with Gasteiger partial charge in [0.15, 0.2) is 11.6 Å². The molecule has 1 aromatic rings. The summed E-state index contributed by atoms with van der Waals surface area (Å²) in [7, 11) is 2.83. The van der Waals surface area contributed by atoms with Crippen molar-refractivity contribution in [2.45, 2.75) is 6.54 Å². The fraction of sp³-hybridized carbons (Fsp3) is 0.333. The van der Waals surface area contributed by atoms with Gasteiger partial charge in [0.05, 0.1) is 14.2 Å². The van der Waals surface area contributed by atoms with Crippen molar-refractivity contribution in [1.82, 2.24) is 5.48 Å². The zero-order valence-corrected chi connectivity index (χ0v) is 7.93. The summed E-state index contributed by atoms with van der Waals surface area (Å²) in [5.41, 5.74) is 3.01. The van der Waals surface area contributed by atoms with Gasteiger partial charge in [0.2, 0.25) is 0 Å². The molecule has 5 heteroatoms. The molecular weight excluding hydrogens is 192 g/mol. The highest BCUT2D eigenvalue weighted by Crippen LogP contribution is 2.21. The standard InChI is InChI=1S/C9H11F2NO2/c1-13-9-4-8(11)7(10)3-6(9)5-12-14-2/h3-4,12H,5H2,1-2H3. The van der Waals surface area contributed by atoms with Crippen LogP contribution in [0.3, 0.4) is 0 Å². The first kappa shape index (κ1) is 10.9. The molecule has 1 aromatic carbocycles. The summed E-state index contributed by atoms with van der Waals surface area (Å²) in [4.78, 5) is 4.59. The maximum Gasteiger partial charge on any atom is 0.162 e. The van der Waals surface area contributed by atoms with E-state index < -0.39 is 11.6 Å². The Labute approximate surface area is 80.6 Å². The van der Waals surface area contributed by atoms with E-state index in [1.165, 1.54) is 14.2 Å². The van der Waals surface area contributed by atoms with Gasteiger partial charge in [0, 0.05) is 18.2 Å². The van der Waals surface area contributed by atoms with Crippen molar-refractivity contribution in [2.24, 2.45) is 0 Å². The van der Waals surface area contributed by atoms with Crippen molar-refractivity contribution in [3.05, 3.63) is 29.3 Å². The Morgan fingerprint density at radius 1 is 1.21 bits per heavy atom. The van der Waals surface area contributed by atoms with Gasteiger partial charge in [0.1, 0.15) is 5.75 Å². The van der Waals surface area contributed by atoms with Crippen LogP contribution in [0.2, 0.25) is 0 Å². The van der Waals surface area contributed by atoms with E-state index in [2.05, 4.69) is 10.3 Å². The number of ether oxygens (including phenoxy) is 1. The number of methoxy groups -OCH3 is 1. The zero-order valence-electron chi connectivity index (χ0n) is 7.93. The average Bonchev–Trinajstić information content (AvgIpc) is 2.19. The summed E-state index contributed by atoms with van der Waals surface area (Å²) < 4.78 is 30.5. The fourth-order valence-corrected chi connectivity index (χ4v) is 1.05. The van der Waals surface area contributed by atoms with Crippen LogP contribution in [-0.2, 0) is 11.4 Å². The molecule has 0 aliphatic heterocycles. The number of rotatable bonds is 4. The van der Waals surface area contributed by atoms with E-state index in [1.54, 1.807) is 0 Å². The minimum atomic E-state index is -0.928. The smallest absolute Gasteiger partial charge is 0.162 e. The van der Waals surface area contributed by atoms with E-state index in [4.69, 9.17) is 4.74 Å². The quantitative estimate of drug-likeness (QED) is 0.754. The van der Waals surface area contributed by atoms with Crippen molar-refractivity contribution in [1.29, 1.82) is 0 Å². The van der Waals surface area contributed by atoms with Crippen LogP contribution in [0.15, 0.2) is 12.1 Å². The van der Waals surface area contributed by atoms with Gasteiger partial charge in [-0.2, -0.15) is 5.48 Å². The lowest BCUT2D eigenvalue weighted by atomic mass is 10.2. The van der Waals surface area contributed by atoms with Crippen molar-refractivity contribution in [3.8, 4) is 5.75 Å². The molecule has 0 spiro atoms. The molecule has 0 heterocycles. The second kappa shape index (κ2) is 4.88. The van der Waals surface area contributed by atoms with Crippen LogP contribution in [-0.4, -0.2) is 14.2 Å². The molecule has 0 saturated carbocycles. The Balaban J connectivity index is 2.95. The Morgan fingerprint density at radius 2 is 1.86 bits per heavy atom. The molecule has 0 saturated heterocycles. The minimum Gasteiger partial charge on any atom is -0.496 e. The number of nitrogens with one attached hydrogen (secondary N) is 1.